The van der Waals surface area contributed by atoms with Crippen LogP contribution in [0, 0.1) is 13.8 Å². The van der Waals surface area contributed by atoms with Crippen molar-refractivity contribution in [3.05, 3.63) is 70.1 Å². The Labute approximate surface area is 203 Å². The van der Waals surface area contributed by atoms with Crippen molar-refractivity contribution in [1.82, 2.24) is 14.7 Å². The van der Waals surface area contributed by atoms with Crippen LogP contribution in [0.15, 0.2) is 53.3 Å². The molecule has 1 aliphatic rings. The van der Waals surface area contributed by atoms with Gasteiger partial charge in [-0.1, -0.05) is 37.3 Å². The maximum absolute atomic E-state index is 13.7. The normalized spacial score (nSPS) is 17.5. The highest BCUT2D eigenvalue weighted by Crippen LogP contribution is 2.33. The molecule has 2 atom stereocenters. The number of rotatable bonds is 4. The third-order valence-electron chi connectivity index (χ3n) is 6.84. The maximum atomic E-state index is 13.7. The molecular weight excluding hydrogens is 444 g/mol. The first kappa shape index (κ1) is 22.6. The molecule has 2 aromatic heterocycles. The summed E-state index contributed by atoms with van der Waals surface area (Å²) in [7, 11) is 0. The predicted molar refractivity (Wildman–Crippen MR) is 140 cm³/mol. The summed E-state index contributed by atoms with van der Waals surface area (Å²) in [6, 6.07) is 16.0. The van der Waals surface area contributed by atoms with Crippen LogP contribution in [0.2, 0.25) is 0 Å². The van der Waals surface area contributed by atoms with Gasteiger partial charge in [0, 0.05) is 41.4 Å². The van der Waals surface area contributed by atoms with E-state index in [4.69, 9.17) is 0 Å². The van der Waals surface area contributed by atoms with Crippen LogP contribution in [0.1, 0.15) is 37.6 Å². The molecule has 1 aliphatic heterocycles. The molecular formula is C27H30N4O2S. The van der Waals surface area contributed by atoms with E-state index < -0.39 is 6.04 Å². The zero-order valence-electron chi connectivity index (χ0n) is 20.1. The Morgan fingerprint density at radius 1 is 1.15 bits per heavy atom. The average Bonchev–Trinajstić information content (AvgIpc) is 3.23. The summed E-state index contributed by atoms with van der Waals surface area (Å²) >= 11 is 1.59. The summed E-state index contributed by atoms with van der Waals surface area (Å²) in [5, 5.41) is 6.25. The van der Waals surface area contributed by atoms with Crippen molar-refractivity contribution < 1.29 is 4.79 Å². The minimum Gasteiger partial charge on any atom is -0.365 e. The summed E-state index contributed by atoms with van der Waals surface area (Å²) in [6.45, 7) is 10.1. The van der Waals surface area contributed by atoms with Gasteiger partial charge in [-0.15, -0.1) is 11.3 Å². The lowest BCUT2D eigenvalue weighted by atomic mass is 10.1. The highest BCUT2D eigenvalue weighted by molar-refractivity contribution is 7.26. The van der Waals surface area contributed by atoms with Gasteiger partial charge < -0.3 is 9.80 Å². The number of nitrogens with zero attached hydrogens (tertiary/aromatic N) is 4. The van der Waals surface area contributed by atoms with Crippen LogP contribution < -0.4 is 10.5 Å². The van der Waals surface area contributed by atoms with Crippen molar-refractivity contribution in [2.24, 2.45) is 0 Å². The quantitative estimate of drug-likeness (QED) is 0.421. The molecule has 4 aromatic rings. The molecule has 1 saturated heterocycles. The van der Waals surface area contributed by atoms with Gasteiger partial charge in [0.25, 0.3) is 5.56 Å². The van der Waals surface area contributed by atoms with Gasteiger partial charge in [0.1, 0.15) is 6.04 Å². The fourth-order valence-corrected chi connectivity index (χ4v) is 6.24. The number of hydrogen-bond donors (Lipinski definition) is 0. The first-order valence-electron chi connectivity index (χ1n) is 11.9. The summed E-state index contributed by atoms with van der Waals surface area (Å²) in [6.07, 6.45) is 0.519. The number of anilines is 1. The fourth-order valence-electron chi connectivity index (χ4n) is 5.10. The Balaban J connectivity index is 1.45. The Hall–Kier alpha value is -3.19. The minimum absolute atomic E-state index is 0.0221. The molecule has 0 bridgehead atoms. The van der Waals surface area contributed by atoms with Crippen LogP contribution in [0.5, 0.6) is 0 Å². The summed E-state index contributed by atoms with van der Waals surface area (Å²) < 4.78 is 3.42. The Morgan fingerprint density at radius 2 is 1.94 bits per heavy atom. The molecule has 0 N–H and O–H groups in total. The monoisotopic (exact) mass is 474 g/mol. The van der Waals surface area contributed by atoms with E-state index in [0.29, 0.717) is 24.9 Å². The van der Waals surface area contributed by atoms with Crippen molar-refractivity contribution in [3.63, 3.8) is 0 Å². The summed E-state index contributed by atoms with van der Waals surface area (Å²) in [5.41, 5.74) is 3.03. The van der Waals surface area contributed by atoms with E-state index in [-0.39, 0.29) is 17.5 Å². The van der Waals surface area contributed by atoms with Crippen molar-refractivity contribution in [1.29, 1.82) is 0 Å². The predicted octanol–water partition coefficient (Wildman–Crippen LogP) is 4.92. The molecule has 1 fully saturated rings. The standard InChI is InChI=1S/C27H30N4O2S/c1-5-22(26(32)29-13-14-30(18(3)16-29)20-10-8-9-17(2)15-20)31-27(33)24-21-11-6-7-12-23(21)34-25(24)19(4)28-31/h6-12,15,18,22H,5,13-14,16H2,1-4H3/t18-,22+/m1/s1. The van der Waals surface area contributed by atoms with E-state index in [1.54, 1.807) is 11.3 Å². The molecule has 0 spiro atoms. The van der Waals surface area contributed by atoms with Gasteiger partial charge in [-0.05, 0) is 51.0 Å². The largest absolute Gasteiger partial charge is 0.365 e. The topological polar surface area (TPSA) is 58.4 Å². The van der Waals surface area contributed by atoms with Crippen molar-refractivity contribution in [2.75, 3.05) is 24.5 Å². The summed E-state index contributed by atoms with van der Waals surface area (Å²) in [5.74, 6) is -0.0221. The van der Waals surface area contributed by atoms with Gasteiger partial charge in [-0.3, -0.25) is 9.59 Å². The van der Waals surface area contributed by atoms with Crippen molar-refractivity contribution >= 4 is 43.1 Å². The van der Waals surface area contributed by atoms with Crippen LogP contribution in [0.3, 0.4) is 0 Å². The molecule has 1 amide bonds. The van der Waals surface area contributed by atoms with Crippen molar-refractivity contribution in [3.8, 4) is 0 Å². The first-order valence-corrected chi connectivity index (χ1v) is 12.7. The fraction of sp³-hybridized carbons (Fsp3) is 0.370. The minimum atomic E-state index is -0.605. The molecule has 0 saturated carbocycles. The van der Waals surface area contributed by atoms with Gasteiger partial charge in [-0.2, -0.15) is 5.10 Å². The van der Waals surface area contributed by atoms with Gasteiger partial charge in [0.2, 0.25) is 5.91 Å². The molecule has 7 heteroatoms. The number of amides is 1. The third kappa shape index (κ3) is 3.78. The number of aromatic nitrogens is 2. The number of thiophene rings is 1. The van der Waals surface area contributed by atoms with Gasteiger partial charge in [-0.25, -0.2) is 4.68 Å². The molecule has 0 aliphatic carbocycles. The van der Waals surface area contributed by atoms with Crippen LogP contribution in [0.4, 0.5) is 5.69 Å². The second kappa shape index (κ2) is 8.87. The number of carbonyl (C=O) groups excluding carboxylic acids is 1. The van der Waals surface area contributed by atoms with E-state index in [0.717, 1.165) is 27.0 Å². The van der Waals surface area contributed by atoms with E-state index in [9.17, 15) is 9.59 Å². The Bertz CT molecular complexity index is 1440. The molecule has 2 aromatic carbocycles. The smallest absolute Gasteiger partial charge is 0.276 e. The molecule has 5 rings (SSSR count). The molecule has 3 heterocycles. The average molecular weight is 475 g/mol. The molecule has 6 nitrogen and oxygen atoms in total. The van der Waals surface area contributed by atoms with Gasteiger partial charge >= 0.3 is 0 Å². The molecule has 0 unspecified atom stereocenters. The number of carbonyl (C=O) groups is 1. The summed E-state index contributed by atoms with van der Waals surface area (Å²) in [4.78, 5) is 31.6. The van der Waals surface area contributed by atoms with E-state index in [1.807, 2.05) is 43.0 Å². The number of hydrogen-bond acceptors (Lipinski definition) is 5. The highest BCUT2D eigenvalue weighted by Gasteiger charge is 2.32. The highest BCUT2D eigenvalue weighted by atomic mass is 32.1. The zero-order chi connectivity index (χ0) is 24.0. The zero-order valence-corrected chi connectivity index (χ0v) is 20.9. The molecule has 176 valence electrons. The lowest BCUT2D eigenvalue weighted by molar-refractivity contribution is -0.136. The third-order valence-corrected chi connectivity index (χ3v) is 8.12. The maximum Gasteiger partial charge on any atom is 0.276 e. The van der Waals surface area contributed by atoms with E-state index in [1.165, 1.54) is 15.9 Å². The van der Waals surface area contributed by atoms with Crippen molar-refractivity contribution in [2.45, 2.75) is 46.2 Å². The molecule has 0 radical (unpaired) electrons. The van der Waals surface area contributed by atoms with Gasteiger partial charge in [0.15, 0.2) is 0 Å². The van der Waals surface area contributed by atoms with Crippen LogP contribution in [-0.2, 0) is 4.79 Å². The number of fused-ring (bicyclic) bond motifs is 3. The lowest BCUT2D eigenvalue weighted by Gasteiger charge is -2.42. The van der Waals surface area contributed by atoms with Crippen LogP contribution >= 0.6 is 11.3 Å². The molecule has 34 heavy (non-hydrogen) atoms. The Morgan fingerprint density at radius 3 is 2.68 bits per heavy atom. The van der Waals surface area contributed by atoms with Crippen LogP contribution in [0.25, 0.3) is 20.2 Å². The van der Waals surface area contributed by atoms with Gasteiger partial charge in [0.05, 0.1) is 15.8 Å². The second-order valence-electron chi connectivity index (χ2n) is 9.23. The first-order chi connectivity index (χ1) is 16.4. The lowest BCUT2D eigenvalue weighted by Crippen LogP contribution is -2.55. The Kier molecular flexibility index (Phi) is 5.90. The van der Waals surface area contributed by atoms with Crippen LogP contribution in [-0.4, -0.2) is 46.3 Å². The van der Waals surface area contributed by atoms with E-state index in [2.05, 4.69) is 48.1 Å². The van der Waals surface area contributed by atoms with E-state index >= 15 is 0 Å². The number of aryl methyl sites for hydroxylation is 2. The second-order valence-corrected chi connectivity index (χ2v) is 10.3. The number of piperazine rings is 1. The SMILES string of the molecule is CC[C@@H](C(=O)N1CCN(c2cccc(C)c2)[C@H](C)C1)n1nc(C)c2sc3ccccc3c2c1=O. The number of benzene rings is 2.